The number of ether oxygens (including phenoxy) is 2. The SMILES string of the molecule is COc1cc(C2C3=C(CC(C)(C)CC3=O)NC3=CC(C)(C)CC(=O)C32)c(Br)cc1OCC(=O)[O-]. The van der Waals surface area contributed by atoms with Crippen LogP contribution in [0.25, 0.3) is 0 Å². The number of hydrogen-bond donors (Lipinski definition) is 1. The molecule has 3 aliphatic rings. The van der Waals surface area contributed by atoms with Gasteiger partial charge in [-0.3, -0.25) is 9.59 Å². The van der Waals surface area contributed by atoms with Gasteiger partial charge in [0.05, 0.1) is 19.0 Å². The van der Waals surface area contributed by atoms with Gasteiger partial charge in [-0.1, -0.05) is 49.7 Å². The number of Topliss-reactive ketones (excluding diaryl/α,β-unsaturated/α-hetero) is 2. The van der Waals surface area contributed by atoms with Gasteiger partial charge < -0.3 is 24.7 Å². The molecule has 1 N–H and O–H groups in total. The zero-order chi connectivity index (χ0) is 25.0. The smallest absolute Gasteiger partial charge is 0.162 e. The highest BCUT2D eigenvalue weighted by molar-refractivity contribution is 9.10. The summed E-state index contributed by atoms with van der Waals surface area (Å²) in [6.45, 7) is 7.59. The summed E-state index contributed by atoms with van der Waals surface area (Å²) in [5.41, 5.74) is 2.59. The van der Waals surface area contributed by atoms with Crippen molar-refractivity contribution in [2.24, 2.45) is 16.7 Å². The third-order valence-electron chi connectivity index (χ3n) is 6.68. The van der Waals surface area contributed by atoms with E-state index in [-0.39, 0.29) is 28.1 Å². The molecule has 0 saturated heterocycles. The predicted octanol–water partition coefficient (Wildman–Crippen LogP) is 3.42. The quantitative estimate of drug-likeness (QED) is 0.621. The number of hydrogen-bond acceptors (Lipinski definition) is 7. The fourth-order valence-corrected chi connectivity index (χ4v) is 6.02. The maximum atomic E-state index is 13.5. The van der Waals surface area contributed by atoms with Crippen molar-refractivity contribution in [3.05, 3.63) is 45.2 Å². The number of fused-ring (bicyclic) bond motifs is 1. The summed E-state index contributed by atoms with van der Waals surface area (Å²) in [4.78, 5) is 37.8. The monoisotopic (exact) mass is 530 g/mol. The Balaban J connectivity index is 1.91. The molecule has 0 amide bonds. The van der Waals surface area contributed by atoms with Crippen LogP contribution in [0.5, 0.6) is 11.5 Å². The molecule has 1 aromatic rings. The summed E-state index contributed by atoms with van der Waals surface area (Å²) in [6, 6.07) is 3.35. The van der Waals surface area contributed by atoms with Crippen LogP contribution in [-0.2, 0) is 14.4 Å². The zero-order valence-electron chi connectivity index (χ0n) is 20.0. The number of carboxylic acid groups (broad SMARTS) is 1. The van der Waals surface area contributed by atoms with Crippen LogP contribution in [0.2, 0.25) is 0 Å². The molecule has 34 heavy (non-hydrogen) atoms. The Kier molecular flexibility index (Phi) is 6.17. The number of methoxy groups -OCH3 is 1. The molecule has 2 unspecified atom stereocenters. The first-order chi connectivity index (χ1) is 15.8. The van der Waals surface area contributed by atoms with Crippen LogP contribution in [0, 0.1) is 16.7 Å². The van der Waals surface area contributed by atoms with Crippen molar-refractivity contribution in [1.82, 2.24) is 5.32 Å². The van der Waals surface area contributed by atoms with Gasteiger partial charge in [0.15, 0.2) is 17.3 Å². The number of carbonyl (C=O) groups is 3. The van der Waals surface area contributed by atoms with Crippen molar-refractivity contribution in [3.8, 4) is 11.5 Å². The fraction of sp³-hybridized carbons (Fsp3) is 0.500. The van der Waals surface area contributed by atoms with Crippen LogP contribution in [-0.4, -0.2) is 31.3 Å². The minimum atomic E-state index is -1.35. The maximum Gasteiger partial charge on any atom is 0.162 e. The van der Waals surface area contributed by atoms with E-state index in [1.165, 1.54) is 7.11 Å². The van der Waals surface area contributed by atoms with Gasteiger partial charge in [0.25, 0.3) is 0 Å². The Morgan fingerprint density at radius 2 is 1.82 bits per heavy atom. The lowest BCUT2D eigenvalue weighted by atomic mass is 9.62. The van der Waals surface area contributed by atoms with Crippen LogP contribution >= 0.6 is 15.9 Å². The van der Waals surface area contributed by atoms with Gasteiger partial charge in [0.2, 0.25) is 0 Å². The van der Waals surface area contributed by atoms with E-state index in [4.69, 9.17) is 9.47 Å². The van der Waals surface area contributed by atoms with Crippen LogP contribution in [0.3, 0.4) is 0 Å². The highest BCUT2D eigenvalue weighted by Gasteiger charge is 2.49. The van der Waals surface area contributed by atoms with Crippen molar-refractivity contribution >= 4 is 33.5 Å². The van der Waals surface area contributed by atoms with E-state index >= 15 is 0 Å². The van der Waals surface area contributed by atoms with Gasteiger partial charge in [-0.2, -0.15) is 0 Å². The number of allylic oxidation sites excluding steroid dienone is 4. The van der Waals surface area contributed by atoms with Crippen LogP contribution in [0.15, 0.2) is 39.6 Å². The number of ketones is 2. The Morgan fingerprint density at radius 1 is 1.12 bits per heavy atom. The Labute approximate surface area is 207 Å². The first-order valence-electron chi connectivity index (χ1n) is 11.3. The molecular weight excluding hydrogens is 502 g/mol. The van der Waals surface area contributed by atoms with E-state index < -0.39 is 24.4 Å². The number of aliphatic carboxylic acids is 1. The number of nitrogens with one attached hydrogen (secondary N) is 1. The zero-order valence-corrected chi connectivity index (χ0v) is 21.6. The standard InChI is InChI=1S/C26H30BrNO6/c1-25(2)8-15-23(17(29)10-25)22(24-16(28-15)9-26(3,4)11-18(24)30)13-6-19(33-5)20(7-14(13)27)34-12-21(31)32/h6-8,22-23,28H,9-12H2,1-5H3,(H,31,32)/p-1. The number of halogens is 1. The molecule has 0 fully saturated rings. The number of carboxylic acids is 1. The van der Waals surface area contributed by atoms with Gasteiger partial charge in [-0.05, 0) is 34.9 Å². The molecule has 0 spiro atoms. The van der Waals surface area contributed by atoms with Gasteiger partial charge >= 0.3 is 0 Å². The number of carbonyl (C=O) groups excluding carboxylic acids is 3. The normalized spacial score (nSPS) is 25.1. The molecule has 4 rings (SSSR count). The van der Waals surface area contributed by atoms with E-state index in [0.29, 0.717) is 35.1 Å². The Morgan fingerprint density at radius 3 is 2.47 bits per heavy atom. The molecule has 2 atom stereocenters. The number of rotatable bonds is 5. The highest BCUT2D eigenvalue weighted by Crippen LogP contribution is 2.53. The number of benzene rings is 1. The summed E-state index contributed by atoms with van der Waals surface area (Å²) < 4.78 is 11.4. The Bertz CT molecular complexity index is 1150. The molecule has 7 nitrogen and oxygen atoms in total. The molecule has 0 saturated carbocycles. The summed E-state index contributed by atoms with van der Waals surface area (Å²) in [5, 5.41) is 14.4. The second-order valence-corrected chi connectivity index (χ2v) is 11.7. The van der Waals surface area contributed by atoms with Crippen LogP contribution in [0.1, 0.15) is 58.4 Å². The first kappa shape index (κ1) is 24.5. The third kappa shape index (κ3) is 4.52. The average Bonchev–Trinajstić information content (AvgIpc) is 2.68. The van der Waals surface area contributed by atoms with Gasteiger partial charge in [0.1, 0.15) is 12.4 Å². The topological polar surface area (TPSA) is 105 Å². The van der Waals surface area contributed by atoms with Gasteiger partial charge in [-0.25, -0.2) is 0 Å². The second kappa shape index (κ2) is 8.56. The molecule has 0 bridgehead atoms. The Hall–Kier alpha value is -2.61. The van der Waals surface area contributed by atoms with E-state index in [1.54, 1.807) is 12.1 Å². The highest BCUT2D eigenvalue weighted by atomic mass is 79.9. The lowest BCUT2D eigenvalue weighted by Crippen LogP contribution is -2.46. The largest absolute Gasteiger partial charge is 0.546 e. The van der Waals surface area contributed by atoms with Crippen molar-refractivity contribution in [2.45, 2.75) is 52.9 Å². The maximum absolute atomic E-state index is 13.5. The van der Waals surface area contributed by atoms with Crippen molar-refractivity contribution in [1.29, 1.82) is 0 Å². The molecule has 0 radical (unpaired) electrons. The first-order valence-corrected chi connectivity index (χ1v) is 12.1. The molecule has 1 heterocycles. The minimum absolute atomic E-state index is 0.0311. The summed E-state index contributed by atoms with van der Waals surface area (Å²) in [5.74, 6) is -1.71. The summed E-state index contributed by atoms with van der Waals surface area (Å²) in [6.07, 6.45) is 3.59. The van der Waals surface area contributed by atoms with Crippen LogP contribution < -0.4 is 19.9 Å². The van der Waals surface area contributed by atoms with Gasteiger partial charge in [-0.15, -0.1) is 0 Å². The molecule has 0 aromatic heterocycles. The van der Waals surface area contributed by atoms with Crippen molar-refractivity contribution < 1.29 is 29.0 Å². The lowest BCUT2D eigenvalue weighted by Gasteiger charge is -2.46. The molecule has 2 aliphatic carbocycles. The minimum Gasteiger partial charge on any atom is -0.546 e. The van der Waals surface area contributed by atoms with E-state index in [1.807, 2.05) is 13.8 Å². The predicted molar refractivity (Wildman–Crippen MR) is 127 cm³/mol. The van der Waals surface area contributed by atoms with E-state index in [9.17, 15) is 19.5 Å². The second-order valence-electron chi connectivity index (χ2n) is 10.8. The van der Waals surface area contributed by atoms with Gasteiger partial charge in [0, 0.05) is 40.2 Å². The van der Waals surface area contributed by atoms with Crippen LogP contribution in [0.4, 0.5) is 0 Å². The lowest BCUT2D eigenvalue weighted by molar-refractivity contribution is -0.307. The average molecular weight is 531 g/mol. The molecular formula is C26H29BrNO6-. The summed E-state index contributed by atoms with van der Waals surface area (Å²) >= 11 is 3.59. The fourth-order valence-electron chi connectivity index (χ4n) is 5.45. The molecule has 1 aliphatic heterocycles. The third-order valence-corrected chi connectivity index (χ3v) is 7.37. The van der Waals surface area contributed by atoms with E-state index in [0.717, 1.165) is 17.0 Å². The van der Waals surface area contributed by atoms with E-state index in [2.05, 4.69) is 41.2 Å². The summed E-state index contributed by atoms with van der Waals surface area (Å²) in [7, 11) is 1.46. The molecule has 1 aromatic carbocycles. The van der Waals surface area contributed by atoms with Crippen molar-refractivity contribution in [3.63, 3.8) is 0 Å². The molecule has 182 valence electrons. The molecule has 8 heteroatoms. The van der Waals surface area contributed by atoms with Crippen molar-refractivity contribution in [2.75, 3.05) is 13.7 Å².